The average molecular weight is 265 g/mol. The van der Waals surface area contributed by atoms with Crippen LogP contribution in [0.25, 0.3) is 0 Å². The zero-order valence-electron chi connectivity index (χ0n) is 11.9. The molecule has 106 valence electrons. The molecule has 2 heterocycles. The maximum atomic E-state index is 11.1. The first-order valence-corrected chi connectivity index (χ1v) is 6.84. The predicted molar refractivity (Wildman–Crippen MR) is 73.2 cm³/mol. The Morgan fingerprint density at radius 2 is 2.37 bits per heavy atom. The Morgan fingerprint density at radius 3 is 3.00 bits per heavy atom. The number of aromatic nitrogens is 2. The highest BCUT2D eigenvalue weighted by molar-refractivity contribution is 5.73. The first-order chi connectivity index (χ1) is 8.88. The summed E-state index contributed by atoms with van der Waals surface area (Å²) in [7, 11) is 2.14. The van der Waals surface area contributed by atoms with Crippen LogP contribution in [0.2, 0.25) is 0 Å². The van der Waals surface area contributed by atoms with E-state index in [9.17, 15) is 4.79 Å². The van der Waals surface area contributed by atoms with Crippen LogP contribution in [-0.2, 0) is 11.2 Å². The zero-order chi connectivity index (χ0) is 14.0. The molecule has 19 heavy (non-hydrogen) atoms. The average Bonchev–Trinajstić information content (AvgIpc) is 2.76. The molecular formula is C14H23N3O2. The summed E-state index contributed by atoms with van der Waals surface area (Å²) in [6.07, 6.45) is 4.69. The van der Waals surface area contributed by atoms with Gasteiger partial charge in [-0.2, -0.15) is 0 Å². The molecule has 1 aliphatic heterocycles. The number of nitrogens with one attached hydrogen (secondary N) is 1. The molecule has 0 saturated carbocycles. The molecule has 1 aromatic rings. The van der Waals surface area contributed by atoms with Crippen LogP contribution in [0.5, 0.6) is 0 Å². The minimum Gasteiger partial charge on any atom is -0.481 e. The van der Waals surface area contributed by atoms with Gasteiger partial charge in [-0.1, -0.05) is 0 Å². The van der Waals surface area contributed by atoms with Crippen molar-refractivity contribution >= 4 is 5.97 Å². The third-order valence-electron chi connectivity index (χ3n) is 3.90. The van der Waals surface area contributed by atoms with Gasteiger partial charge in [-0.25, -0.2) is 4.98 Å². The maximum Gasteiger partial charge on any atom is 0.309 e. The number of carboxylic acids is 1. The van der Waals surface area contributed by atoms with Gasteiger partial charge in [0.25, 0.3) is 0 Å². The van der Waals surface area contributed by atoms with Crippen LogP contribution >= 0.6 is 0 Å². The van der Waals surface area contributed by atoms with Gasteiger partial charge in [0.15, 0.2) is 0 Å². The van der Waals surface area contributed by atoms with Crippen LogP contribution in [0, 0.1) is 5.41 Å². The molecular weight excluding hydrogens is 242 g/mol. The van der Waals surface area contributed by atoms with Gasteiger partial charge < -0.3 is 15.0 Å². The second-order valence-corrected chi connectivity index (χ2v) is 6.25. The molecule has 0 spiro atoms. The lowest BCUT2D eigenvalue weighted by Crippen LogP contribution is -2.31. The Bertz CT molecular complexity index is 453. The first-order valence-electron chi connectivity index (χ1n) is 6.84. The van der Waals surface area contributed by atoms with Crippen molar-refractivity contribution in [2.75, 3.05) is 20.1 Å². The Labute approximate surface area is 114 Å². The molecule has 1 aromatic heterocycles. The number of H-pyrrole nitrogens is 1. The SMILES string of the molecule is CN1CCCC(c2cnc(CC(C)(C)C(=O)O)[nH]2)C1. The normalized spacial score (nSPS) is 21.5. The number of aliphatic carboxylic acids is 1. The van der Waals surface area contributed by atoms with Crippen LogP contribution in [0.15, 0.2) is 6.20 Å². The molecule has 0 aliphatic carbocycles. The van der Waals surface area contributed by atoms with E-state index in [4.69, 9.17) is 5.11 Å². The molecule has 0 radical (unpaired) electrons. The summed E-state index contributed by atoms with van der Waals surface area (Å²) < 4.78 is 0. The van der Waals surface area contributed by atoms with E-state index in [-0.39, 0.29) is 0 Å². The Hall–Kier alpha value is -1.36. The van der Waals surface area contributed by atoms with Gasteiger partial charge in [-0.15, -0.1) is 0 Å². The lowest BCUT2D eigenvalue weighted by atomic mass is 9.89. The summed E-state index contributed by atoms with van der Waals surface area (Å²) in [5, 5.41) is 9.14. The summed E-state index contributed by atoms with van der Waals surface area (Å²) >= 11 is 0. The molecule has 0 aromatic carbocycles. The van der Waals surface area contributed by atoms with Crippen molar-refractivity contribution in [1.29, 1.82) is 0 Å². The van der Waals surface area contributed by atoms with Crippen LogP contribution in [-0.4, -0.2) is 46.1 Å². The van der Waals surface area contributed by atoms with E-state index < -0.39 is 11.4 Å². The van der Waals surface area contributed by atoms with E-state index in [0.717, 1.165) is 24.6 Å². The van der Waals surface area contributed by atoms with Crippen molar-refractivity contribution in [1.82, 2.24) is 14.9 Å². The van der Waals surface area contributed by atoms with E-state index in [1.54, 1.807) is 13.8 Å². The smallest absolute Gasteiger partial charge is 0.309 e. The molecule has 1 aliphatic rings. The summed E-state index contributed by atoms with van der Waals surface area (Å²) in [4.78, 5) is 21.1. The molecule has 5 heteroatoms. The van der Waals surface area contributed by atoms with Crippen LogP contribution in [0.4, 0.5) is 0 Å². The highest BCUT2D eigenvalue weighted by atomic mass is 16.4. The first kappa shape index (κ1) is 14.1. The van der Waals surface area contributed by atoms with E-state index in [0.29, 0.717) is 12.3 Å². The van der Waals surface area contributed by atoms with Crippen LogP contribution in [0.3, 0.4) is 0 Å². The molecule has 0 bridgehead atoms. The molecule has 1 unspecified atom stereocenters. The number of likely N-dealkylation sites (tertiary alicyclic amines) is 1. The largest absolute Gasteiger partial charge is 0.481 e. The van der Waals surface area contributed by atoms with Crippen molar-refractivity contribution in [3.8, 4) is 0 Å². The van der Waals surface area contributed by atoms with Crippen molar-refractivity contribution in [3.05, 3.63) is 17.7 Å². The second kappa shape index (κ2) is 5.33. The fourth-order valence-corrected chi connectivity index (χ4v) is 2.59. The number of hydrogen-bond acceptors (Lipinski definition) is 3. The molecule has 2 N–H and O–H groups in total. The standard InChI is InChI=1S/C14H23N3O2/c1-14(2,13(18)19)7-12-15-8-11(16-12)10-5-4-6-17(3)9-10/h8,10H,4-7,9H2,1-3H3,(H,15,16)(H,18,19). The number of likely N-dealkylation sites (N-methyl/N-ethyl adjacent to an activating group) is 1. The molecule has 5 nitrogen and oxygen atoms in total. The summed E-state index contributed by atoms with van der Waals surface area (Å²) in [6.45, 7) is 5.66. The highest BCUT2D eigenvalue weighted by Crippen LogP contribution is 2.26. The van der Waals surface area contributed by atoms with E-state index in [1.807, 2.05) is 6.20 Å². The van der Waals surface area contributed by atoms with Gasteiger partial charge in [-0.3, -0.25) is 4.79 Å². The predicted octanol–water partition coefficient (Wildman–Crippen LogP) is 1.87. The minimum atomic E-state index is -0.789. The summed E-state index contributed by atoms with van der Waals surface area (Å²) in [5.74, 6) is 0.478. The molecule has 1 atom stereocenters. The van der Waals surface area contributed by atoms with Gasteiger partial charge in [0, 0.05) is 30.8 Å². The number of imidazole rings is 1. The van der Waals surface area contributed by atoms with Crippen molar-refractivity contribution in [3.63, 3.8) is 0 Å². The minimum absolute atomic E-state index is 0.435. The molecule has 2 rings (SSSR count). The molecule has 1 saturated heterocycles. The van der Waals surface area contributed by atoms with Gasteiger partial charge in [-0.05, 0) is 40.3 Å². The van der Waals surface area contributed by atoms with E-state index >= 15 is 0 Å². The fraction of sp³-hybridized carbons (Fsp3) is 0.714. The fourth-order valence-electron chi connectivity index (χ4n) is 2.59. The maximum absolute atomic E-state index is 11.1. The third-order valence-corrected chi connectivity index (χ3v) is 3.90. The summed E-state index contributed by atoms with van der Waals surface area (Å²) in [6, 6.07) is 0. The van der Waals surface area contributed by atoms with Gasteiger partial charge in [0.05, 0.1) is 5.41 Å². The second-order valence-electron chi connectivity index (χ2n) is 6.25. The number of piperidine rings is 1. The molecule has 1 fully saturated rings. The monoisotopic (exact) mass is 265 g/mol. The van der Waals surface area contributed by atoms with E-state index in [2.05, 4.69) is 21.9 Å². The van der Waals surface area contributed by atoms with Crippen LogP contribution in [0.1, 0.15) is 44.1 Å². The Morgan fingerprint density at radius 1 is 1.63 bits per heavy atom. The Kier molecular flexibility index (Phi) is 3.94. The zero-order valence-corrected chi connectivity index (χ0v) is 11.9. The number of rotatable bonds is 4. The topological polar surface area (TPSA) is 69.2 Å². The lowest BCUT2D eigenvalue weighted by Gasteiger charge is -2.28. The number of carbonyl (C=O) groups is 1. The molecule has 0 amide bonds. The van der Waals surface area contributed by atoms with Crippen molar-refractivity contribution < 1.29 is 9.90 Å². The summed E-state index contributed by atoms with van der Waals surface area (Å²) in [5.41, 5.74) is 0.362. The van der Waals surface area contributed by atoms with Gasteiger partial charge in [0.2, 0.25) is 0 Å². The number of aromatic amines is 1. The number of carboxylic acid groups (broad SMARTS) is 1. The lowest BCUT2D eigenvalue weighted by molar-refractivity contribution is -0.146. The van der Waals surface area contributed by atoms with Gasteiger partial charge in [0.1, 0.15) is 5.82 Å². The third kappa shape index (κ3) is 3.35. The number of hydrogen-bond donors (Lipinski definition) is 2. The Balaban J connectivity index is 2.05. The van der Waals surface area contributed by atoms with Crippen molar-refractivity contribution in [2.24, 2.45) is 5.41 Å². The van der Waals surface area contributed by atoms with Crippen molar-refractivity contribution in [2.45, 2.75) is 39.0 Å². The van der Waals surface area contributed by atoms with E-state index in [1.165, 1.54) is 12.8 Å². The van der Waals surface area contributed by atoms with Crippen LogP contribution < -0.4 is 0 Å². The van der Waals surface area contributed by atoms with Gasteiger partial charge >= 0.3 is 5.97 Å². The number of nitrogens with zero attached hydrogens (tertiary/aromatic N) is 2. The quantitative estimate of drug-likeness (QED) is 0.872. The highest BCUT2D eigenvalue weighted by Gasteiger charge is 2.29.